The predicted octanol–water partition coefficient (Wildman–Crippen LogP) is 3.44. The molecular formula is C12H3F7O3. The third-order valence-electron chi connectivity index (χ3n) is 2.76. The standard InChI is InChI=1S/C12H3F7O3/c13-3-1(4(14)7(17)12(22)6(3)16)2-5(15)11(21)9(19)8(18)10(2)20/h20-22H. The lowest BCUT2D eigenvalue weighted by Crippen LogP contribution is -2.03. The highest BCUT2D eigenvalue weighted by Crippen LogP contribution is 2.44. The van der Waals surface area contributed by atoms with Gasteiger partial charge in [-0.15, -0.1) is 0 Å². The van der Waals surface area contributed by atoms with E-state index in [1.165, 1.54) is 0 Å². The molecule has 3 nitrogen and oxygen atoms in total. The molecule has 0 amide bonds. The largest absolute Gasteiger partial charge is 0.504 e. The molecule has 10 heteroatoms. The topological polar surface area (TPSA) is 60.7 Å². The summed E-state index contributed by atoms with van der Waals surface area (Å²) in [4.78, 5) is 0. The summed E-state index contributed by atoms with van der Waals surface area (Å²) < 4.78 is 93.4. The van der Waals surface area contributed by atoms with Crippen molar-refractivity contribution in [2.45, 2.75) is 0 Å². The number of benzene rings is 2. The summed E-state index contributed by atoms with van der Waals surface area (Å²) in [5.41, 5.74) is -3.83. The first-order valence-electron chi connectivity index (χ1n) is 5.24. The van der Waals surface area contributed by atoms with E-state index < -0.39 is 69.1 Å². The Morgan fingerprint density at radius 2 is 0.682 bits per heavy atom. The van der Waals surface area contributed by atoms with Crippen LogP contribution in [0.15, 0.2) is 0 Å². The van der Waals surface area contributed by atoms with Crippen molar-refractivity contribution in [1.29, 1.82) is 0 Å². The van der Waals surface area contributed by atoms with Crippen molar-refractivity contribution in [3.63, 3.8) is 0 Å². The molecule has 0 radical (unpaired) electrons. The van der Waals surface area contributed by atoms with E-state index in [-0.39, 0.29) is 0 Å². The molecule has 0 atom stereocenters. The van der Waals surface area contributed by atoms with Crippen molar-refractivity contribution in [3.05, 3.63) is 40.7 Å². The van der Waals surface area contributed by atoms with Crippen molar-refractivity contribution in [1.82, 2.24) is 0 Å². The molecule has 0 saturated heterocycles. The van der Waals surface area contributed by atoms with Crippen LogP contribution >= 0.6 is 0 Å². The van der Waals surface area contributed by atoms with Crippen molar-refractivity contribution in [2.24, 2.45) is 0 Å². The summed E-state index contributed by atoms with van der Waals surface area (Å²) in [5.74, 6) is -22.5. The molecule has 2 aromatic carbocycles. The molecule has 0 spiro atoms. The van der Waals surface area contributed by atoms with Gasteiger partial charge in [0.1, 0.15) is 0 Å². The summed E-state index contributed by atoms with van der Waals surface area (Å²) in [7, 11) is 0. The van der Waals surface area contributed by atoms with Crippen LogP contribution in [0.2, 0.25) is 0 Å². The minimum absolute atomic E-state index is 1.86. The maximum Gasteiger partial charge on any atom is 0.207 e. The van der Waals surface area contributed by atoms with Gasteiger partial charge in [0.15, 0.2) is 34.7 Å². The molecule has 0 bridgehead atoms. The van der Waals surface area contributed by atoms with Crippen molar-refractivity contribution >= 4 is 0 Å². The highest BCUT2D eigenvalue weighted by molar-refractivity contribution is 5.75. The lowest BCUT2D eigenvalue weighted by molar-refractivity contribution is 0.348. The van der Waals surface area contributed by atoms with Gasteiger partial charge in [0.25, 0.3) is 0 Å². The van der Waals surface area contributed by atoms with Crippen LogP contribution in [-0.4, -0.2) is 15.3 Å². The monoisotopic (exact) mass is 328 g/mol. The van der Waals surface area contributed by atoms with Crippen LogP contribution in [0.25, 0.3) is 11.1 Å². The summed E-state index contributed by atoms with van der Waals surface area (Å²) in [5, 5.41) is 26.9. The van der Waals surface area contributed by atoms with E-state index in [2.05, 4.69) is 0 Å². The number of phenols is 3. The van der Waals surface area contributed by atoms with Gasteiger partial charge in [-0.2, -0.15) is 17.6 Å². The average Bonchev–Trinajstić information content (AvgIpc) is 2.50. The summed E-state index contributed by atoms with van der Waals surface area (Å²) in [6, 6.07) is 0. The second-order valence-electron chi connectivity index (χ2n) is 3.99. The zero-order chi connectivity index (χ0) is 16.9. The average molecular weight is 328 g/mol. The maximum absolute atomic E-state index is 13.7. The van der Waals surface area contributed by atoms with Crippen molar-refractivity contribution in [3.8, 4) is 28.4 Å². The zero-order valence-electron chi connectivity index (χ0n) is 9.99. The molecule has 0 fully saturated rings. The molecule has 3 N–H and O–H groups in total. The lowest BCUT2D eigenvalue weighted by atomic mass is 10.0. The molecule has 0 unspecified atom stereocenters. The zero-order valence-corrected chi connectivity index (χ0v) is 9.99. The predicted molar refractivity (Wildman–Crippen MR) is 56.6 cm³/mol. The van der Waals surface area contributed by atoms with Gasteiger partial charge in [-0.25, -0.2) is 13.2 Å². The number of phenolic OH excluding ortho intramolecular Hbond substituents is 3. The number of aromatic hydroxyl groups is 3. The second kappa shape index (κ2) is 4.97. The first kappa shape index (κ1) is 15.7. The first-order chi connectivity index (χ1) is 10.1. The third-order valence-corrected chi connectivity index (χ3v) is 2.76. The van der Waals surface area contributed by atoms with Crippen LogP contribution in [0.3, 0.4) is 0 Å². The third kappa shape index (κ3) is 1.90. The van der Waals surface area contributed by atoms with E-state index in [0.29, 0.717) is 0 Å². The van der Waals surface area contributed by atoms with Crippen LogP contribution in [-0.2, 0) is 0 Å². The van der Waals surface area contributed by atoms with Crippen LogP contribution in [0.4, 0.5) is 30.7 Å². The van der Waals surface area contributed by atoms with Gasteiger partial charge < -0.3 is 15.3 Å². The van der Waals surface area contributed by atoms with Crippen molar-refractivity contribution < 1.29 is 46.1 Å². The fourth-order valence-electron chi connectivity index (χ4n) is 1.70. The number of hydrogen-bond acceptors (Lipinski definition) is 3. The maximum atomic E-state index is 13.7. The molecule has 118 valence electrons. The van der Waals surface area contributed by atoms with Gasteiger partial charge in [-0.3, -0.25) is 0 Å². The molecule has 0 aliphatic carbocycles. The Kier molecular flexibility index (Phi) is 3.55. The summed E-state index contributed by atoms with van der Waals surface area (Å²) in [6.07, 6.45) is 0. The molecule has 2 rings (SSSR count). The lowest BCUT2D eigenvalue weighted by Gasteiger charge is -2.13. The molecule has 2 aromatic rings. The fourth-order valence-corrected chi connectivity index (χ4v) is 1.70. The normalized spacial score (nSPS) is 11.0. The van der Waals surface area contributed by atoms with Gasteiger partial charge in [-0.1, -0.05) is 0 Å². The molecular weight excluding hydrogens is 325 g/mol. The molecule has 0 aliphatic heterocycles. The Balaban J connectivity index is 3.03. The Morgan fingerprint density at radius 1 is 0.364 bits per heavy atom. The van der Waals surface area contributed by atoms with Crippen LogP contribution in [0.1, 0.15) is 0 Å². The summed E-state index contributed by atoms with van der Waals surface area (Å²) in [6.45, 7) is 0. The smallest absolute Gasteiger partial charge is 0.207 e. The van der Waals surface area contributed by atoms with Crippen LogP contribution in [0.5, 0.6) is 17.2 Å². The van der Waals surface area contributed by atoms with E-state index in [4.69, 9.17) is 10.2 Å². The van der Waals surface area contributed by atoms with Crippen molar-refractivity contribution in [2.75, 3.05) is 0 Å². The Bertz CT molecular complexity index is 679. The Labute approximate surface area is 116 Å². The summed E-state index contributed by atoms with van der Waals surface area (Å²) >= 11 is 0. The molecule has 0 aromatic heterocycles. The number of rotatable bonds is 1. The minimum Gasteiger partial charge on any atom is -0.504 e. The van der Waals surface area contributed by atoms with Gasteiger partial charge in [0.05, 0.1) is 11.1 Å². The van der Waals surface area contributed by atoms with E-state index in [1.807, 2.05) is 0 Å². The van der Waals surface area contributed by atoms with Gasteiger partial charge in [0.2, 0.25) is 23.3 Å². The van der Waals surface area contributed by atoms with E-state index in [0.717, 1.165) is 0 Å². The second-order valence-corrected chi connectivity index (χ2v) is 3.99. The molecule has 0 aliphatic rings. The van der Waals surface area contributed by atoms with E-state index >= 15 is 0 Å². The Hall–Kier alpha value is -2.65. The highest BCUT2D eigenvalue weighted by atomic mass is 19.2. The first-order valence-corrected chi connectivity index (χ1v) is 5.24. The van der Waals surface area contributed by atoms with E-state index in [1.54, 1.807) is 0 Å². The fraction of sp³-hybridized carbons (Fsp3) is 0. The van der Waals surface area contributed by atoms with Gasteiger partial charge >= 0.3 is 0 Å². The SMILES string of the molecule is Oc1c(F)c(F)c(-c2c(O)c(F)c(F)c(O)c2F)c(F)c1F. The van der Waals surface area contributed by atoms with Gasteiger partial charge in [-0.05, 0) is 0 Å². The quantitative estimate of drug-likeness (QED) is 0.427. The van der Waals surface area contributed by atoms with Gasteiger partial charge in [0, 0.05) is 0 Å². The molecule has 0 saturated carbocycles. The number of hydrogen-bond donors (Lipinski definition) is 3. The minimum atomic E-state index is -2.39. The van der Waals surface area contributed by atoms with E-state index in [9.17, 15) is 35.8 Å². The molecule has 22 heavy (non-hydrogen) atoms. The van der Waals surface area contributed by atoms with Crippen LogP contribution < -0.4 is 0 Å². The number of halogens is 7. The highest BCUT2D eigenvalue weighted by Gasteiger charge is 2.33. The molecule has 0 heterocycles. The van der Waals surface area contributed by atoms with Crippen LogP contribution in [0, 0.1) is 40.7 Å². The Morgan fingerprint density at radius 3 is 1.14 bits per heavy atom.